The van der Waals surface area contributed by atoms with Crippen molar-refractivity contribution in [2.24, 2.45) is 0 Å². The van der Waals surface area contributed by atoms with Gasteiger partial charge in [-0.15, -0.1) is 0 Å². The van der Waals surface area contributed by atoms with Crippen molar-refractivity contribution in [2.45, 2.75) is 26.2 Å². The van der Waals surface area contributed by atoms with Gasteiger partial charge in [0.25, 0.3) is 0 Å². The number of unbranched alkanes of at least 4 members (excludes halogenated alkanes) is 2. The average Bonchev–Trinajstić information content (AvgIpc) is 1.80. The number of rotatable bonds is 5. The van der Waals surface area contributed by atoms with Crippen LogP contribution >= 0.6 is 0 Å². The molecule has 0 atom stereocenters. The van der Waals surface area contributed by atoms with Crippen LogP contribution in [0.15, 0.2) is 0 Å². The Morgan fingerprint density at radius 3 is 2.44 bits per heavy atom. The van der Waals surface area contributed by atoms with E-state index in [1.165, 1.54) is 0 Å². The minimum absolute atomic E-state index is 0.186. The largest absolute Gasteiger partial charge is 0.721 e. The van der Waals surface area contributed by atoms with Crippen molar-refractivity contribution in [1.29, 1.82) is 0 Å². The molecule has 0 aliphatic carbocycles. The smallest absolute Gasteiger partial charge is 0.379 e. The van der Waals surface area contributed by atoms with Gasteiger partial charge >= 0.3 is 7.47 Å². The topological polar surface area (TPSA) is 9.23 Å². The molecular formula is C5H11BF2O. The van der Waals surface area contributed by atoms with Crippen LogP contribution in [0.4, 0.5) is 8.63 Å². The Labute approximate surface area is 54.6 Å². The van der Waals surface area contributed by atoms with Crippen LogP contribution in [0.25, 0.3) is 0 Å². The molecule has 0 aromatic rings. The van der Waals surface area contributed by atoms with Crippen LogP contribution in [-0.4, -0.2) is 14.1 Å². The summed E-state index contributed by atoms with van der Waals surface area (Å²) >= 11 is 0. The first-order chi connectivity index (χ1) is 4.27. The zero-order chi connectivity index (χ0) is 7.11. The van der Waals surface area contributed by atoms with Crippen LogP contribution in [0.1, 0.15) is 26.2 Å². The Morgan fingerprint density at radius 1 is 1.33 bits per heavy atom. The minimum Gasteiger partial charge on any atom is -0.379 e. The van der Waals surface area contributed by atoms with Gasteiger partial charge < -0.3 is 4.65 Å². The predicted molar refractivity (Wildman–Crippen MR) is 33.4 cm³/mol. The molecule has 0 aromatic carbocycles. The summed E-state index contributed by atoms with van der Waals surface area (Å²) in [5, 5.41) is 0. The highest BCUT2D eigenvalue weighted by Crippen LogP contribution is 1.96. The average molecular weight is 136 g/mol. The van der Waals surface area contributed by atoms with E-state index in [0.29, 0.717) is 0 Å². The molecule has 4 heteroatoms. The zero-order valence-corrected chi connectivity index (χ0v) is 5.57. The highest BCUT2D eigenvalue weighted by atomic mass is 19.2. The Morgan fingerprint density at radius 2 is 2.00 bits per heavy atom. The van der Waals surface area contributed by atoms with Crippen LogP contribution < -0.4 is 0 Å². The highest BCUT2D eigenvalue weighted by Gasteiger charge is 2.12. The van der Waals surface area contributed by atoms with Crippen LogP contribution in [0.3, 0.4) is 0 Å². The number of halogens is 2. The summed E-state index contributed by atoms with van der Waals surface area (Å²) in [7, 11) is -2.60. The van der Waals surface area contributed by atoms with Crippen LogP contribution in [-0.2, 0) is 4.65 Å². The first-order valence-corrected chi connectivity index (χ1v) is 3.17. The zero-order valence-electron chi connectivity index (χ0n) is 5.57. The van der Waals surface area contributed by atoms with Crippen LogP contribution in [0.5, 0.6) is 0 Å². The number of hydrogen-bond acceptors (Lipinski definition) is 1. The van der Waals surface area contributed by atoms with E-state index < -0.39 is 7.47 Å². The van der Waals surface area contributed by atoms with Crippen molar-refractivity contribution >= 4 is 7.47 Å². The molecule has 0 aromatic heterocycles. The third-order valence-corrected chi connectivity index (χ3v) is 0.992. The molecule has 0 unspecified atom stereocenters. The lowest BCUT2D eigenvalue weighted by Gasteiger charge is -1.96. The van der Waals surface area contributed by atoms with Crippen molar-refractivity contribution in [3.8, 4) is 0 Å². The van der Waals surface area contributed by atoms with Gasteiger partial charge in [0.1, 0.15) is 0 Å². The summed E-state index contributed by atoms with van der Waals surface area (Å²) in [6.45, 7) is 2.20. The number of hydrogen-bond donors (Lipinski definition) is 0. The maximum atomic E-state index is 11.2. The van der Waals surface area contributed by atoms with Crippen molar-refractivity contribution in [2.75, 3.05) is 6.61 Å². The summed E-state index contributed by atoms with van der Waals surface area (Å²) in [6, 6.07) is 0. The van der Waals surface area contributed by atoms with Crippen molar-refractivity contribution in [1.82, 2.24) is 0 Å². The molecular weight excluding hydrogens is 125 g/mol. The molecule has 0 fully saturated rings. The van der Waals surface area contributed by atoms with E-state index in [9.17, 15) is 8.63 Å². The van der Waals surface area contributed by atoms with E-state index in [1.54, 1.807) is 0 Å². The molecule has 0 spiro atoms. The predicted octanol–water partition coefficient (Wildman–Crippen LogP) is 2.12. The second-order valence-electron chi connectivity index (χ2n) is 1.84. The SMILES string of the molecule is CCCCCOB(F)F. The molecule has 0 rings (SSSR count). The summed E-state index contributed by atoms with van der Waals surface area (Å²) in [5.74, 6) is 0. The molecule has 1 nitrogen and oxygen atoms in total. The second-order valence-corrected chi connectivity index (χ2v) is 1.84. The minimum atomic E-state index is -2.60. The monoisotopic (exact) mass is 136 g/mol. The van der Waals surface area contributed by atoms with Gasteiger partial charge in [0.15, 0.2) is 0 Å². The van der Waals surface area contributed by atoms with E-state index in [1.807, 2.05) is 6.92 Å². The van der Waals surface area contributed by atoms with Gasteiger partial charge in [-0.05, 0) is 6.42 Å². The van der Waals surface area contributed by atoms with E-state index >= 15 is 0 Å². The first kappa shape index (κ1) is 8.88. The summed E-state index contributed by atoms with van der Waals surface area (Å²) in [5.41, 5.74) is 0. The Hall–Kier alpha value is -0.115. The van der Waals surface area contributed by atoms with E-state index in [0.717, 1.165) is 19.3 Å². The fourth-order valence-corrected chi connectivity index (χ4v) is 0.524. The van der Waals surface area contributed by atoms with E-state index in [2.05, 4.69) is 4.65 Å². The van der Waals surface area contributed by atoms with Gasteiger partial charge in [-0.2, -0.15) is 0 Å². The lowest BCUT2D eigenvalue weighted by Crippen LogP contribution is -2.05. The maximum absolute atomic E-state index is 11.2. The van der Waals surface area contributed by atoms with Crippen molar-refractivity contribution in [3.05, 3.63) is 0 Å². The van der Waals surface area contributed by atoms with Gasteiger partial charge in [-0.3, -0.25) is 8.63 Å². The van der Waals surface area contributed by atoms with Gasteiger partial charge in [-0.1, -0.05) is 19.8 Å². The van der Waals surface area contributed by atoms with Crippen molar-refractivity contribution < 1.29 is 13.3 Å². The van der Waals surface area contributed by atoms with Gasteiger partial charge in [0, 0.05) is 6.61 Å². The lowest BCUT2D eigenvalue weighted by molar-refractivity contribution is 0.248. The third kappa shape index (κ3) is 7.88. The van der Waals surface area contributed by atoms with Crippen LogP contribution in [0, 0.1) is 0 Å². The molecule has 54 valence electrons. The molecule has 0 bridgehead atoms. The van der Waals surface area contributed by atoms with E-state index in [4.69, 9.17) is 0 Å². The molecule has 0 aliphatic rings. The fourth-order valence-electron chi connectivity index (χ4n) is 0.524. The second kappa shape index (κ2) is 6.01. The molecule has 0 saturated heterocycles. The summed E-state index contributed by atoms with van der Waals surface area (Å²) in [6.07, 6.45) is 2.74. The maximum Gasteiger partial charge on any atom is 0.721 e. The quantitative estimate of drug-likeness (QED) is 0.415. The third-order valence-electron chi connectivity index (χ3n) is 0.992. The Balaban J connectivity index is 2.75. The molecule has 0 radical (unpaired) electrons. The molecule has 0 heterocycles. The molecule has 9 heavy (non-hydrogen) atoms. The van der Waals surface area contributed by atoms with Crippen LogP contribution in [0.2, 0.25) is 0 Å². The molecule has 0 saturated carbocycles. The molecule has 0 N–H and O–H groups in total. The van der Waals surface area contributed by atoms with Gasteiger partial charge in [0.2, 0.25) is 0 Å². The van der Waals surface area contributed by atoms with Gasteiger partial charge in [-0.25, -0.2) is 0 Å². The summed E-state index contributed by atoms with van der Waals surface area (Å²) in [4.78, 5) is 0. The molecule has 0 aliphatic heterocycles. The Kier molecular flexibility index (Phi) is 5.93. The van der Waals surface area contributed by atoms with E-state index in [-0.39, 0.29) is 6.61 Å². The van der Waals surface area contributed by atoms with Gasteiger partial charge in [0.05, 0.1) is 0 Å². The van der Waals surface area contributed by atoms with Crippen molar-refractivity contribution in [3.63, 3.8) is 0 Å². The molecule has 0 amide bonds. The standard InChI is InChI=1S/C5H11BF2O/c1-2-3-4-5-9-6(7)8/h2-5H2,1H3. The Bertz CT molecular complexity index is 60.9. The first-order valence-electron chi connectivity index (χ1n) is 3.17. The summed E-state index contributed by atoms with van der Waals surface area (Å²) < 4.78 is 26.5. The lowest BCUT2D eigenvalue weighted by atomic mass is 10.2. The fraction of sp³-hybridized carbons (Fsp3) is 1.00. The highest BCUT2D eigenvalue weighted by molar-refractivity contribution is 6.34. The normalized spacial score (nSPS) is 9.67.